The van der Waals surface area contributed by atoms with Crippen molar-refractivity contribution in [2.75, 3.05) is 24.7 Å². The molecule has 0 spiro atoms. The smallest absolute Gasteiger partial charge is 0.337 e. The van der Waals surface area contributed by atoms with Crippen LogP contribution in [0.5, 0.6) is 5.75 Å². The van der Waals surface area contributed by atoms with Crippen molar-refractivity contribution in [1.82, 2.24) is 0 Å². The van der Waals surface area contributed by atoms with Gasteiger partial charge in [0, 0.05) is 29.8 Å². The Bertz CT molecular complexity index is 961. The molecule has 2 aliphatic rings. The highest BCUT2D eigenvalue weighted by molar-refractivity contribution is 6.01. The summed E-state index contributed by atoms with van der Waals surface area (Å²) in [6.45, 7) is 0.465. The minimum Gasteiger partial charge on any atom is -0.488 e. The van der Waals surface area contributed by atoms with Crippen molar-refractivity contribution < 1.29 is 23.9 Å². The van der Waals surface area contributed by atoms with Crippen molar-refractivity contribution in [2.24, 2.45) is 0 Å². The van der Waals surface area contributed by atoms with Gasteiger partial charge in [-0.05, 0) is 42.8 Å². The third kappa shape index (κ3) is 3.67. The monoisotopic (exact) mass is 377 g/mol. The molecule has 0 bridgehead atoms. The first-order chi connectivity index (χ1) is 13.6. The number of benzene rings is 2. The summed E-state index contributed by atoms with van der Waals surface area (Å²) in [4.78, 5) is 38.1. The van der Waals surface area contributed by atoms with E-state index in [1.807, 2.05) is 24.3 Å². The van der Waals surface area contributed by atoms with Gasteiger partial charge in [-0.25, -0.2) is 4.79 Å². The summed E-state index contributed by atoms with van der Waals surface area (Å²) >= 11 is 0. The summed E-state index contributed by atoms with van der Waals surface area (Å²) in [7, 11) is 0. The molecule has 28 heavy (non-hydrogen) atoms. The number of para-hydroxylation sites is 1. The highest BCUT2D eigenvalue weighted by Gasteiger charge is 2.22. The van der Waals surface area contributed by atoms with E-state index < -0.39 is 5.97 Å². The van der Waals surface area contributed by atoms with E-state index in [1.165, 1.54) is 0 Å². The Morgan fingerprint density at radius 1 is 1.07 bits per heavy atom. The quantitative estimate of drug-likeness (QED) is 0.592. The number of esters is 1. The van der Waals surface area contributed by atoms with Crippen LogP contribution in [-0.2, 0) is 14.3 Å². The van der Waals surface area contributed by atoms with Crippen LogP contribution < -0.4 is 9.64 Å². The zero-order valence-electron chi connectivity index (χ0n) is 15.2. The largest absolute Gasteiger partial charge is 0.488 e. The highest BCUT2D eigenvalue weighted by Crippen LogP contribution is 2.26. The van der Waals surface area contributed by atoms with Crippen LogP contribution in [0.1, 0.15) is 28.8 Å². The zero-order valence-corrected chi connectivity index (χ0v) is 15.2. The number of ether oxygens (including phenoxy) is 2. The Morgan fingerprint density at radius 2 is 1.86 bits per heavy atom. The van der Waals surface area contributed by atoms with Crippen molar-refractivity contribution in [1.29, 1.82) is 0 Å². The van der Waals surface area contributed by atoms with Gasteiger partial charge in [-0.15, -0.1) is 0 Å². The lowest BCUT2D eigenvalue weighted by Crippen LogP contribution is -2.23. The van der Waals surface area contributed by atoms with Gasteiger partial charge in [0.1, 0.15) is 12.4 Å². The van der Waals surface area contributed by atoms with Gasteiger partial charge in [-0.3, -0.25) is 9.59 Å². The van der Waals surface area contributed by atoms with E-state index in [1.54, 1.807) is 35.2 Å². The average Bonchev–Trinajstić information content (AvgIpc) is 3.17. The fourth-order valence-electron chi connectivity index (χ4n) is 3.29. The number of carbonyl (C=O) groups is 3. The Labute approximate surface area is 162 Å². The Hall–Kier alpha value is -3.41. The number of hydrogen-bond acceptors (Lipinski definition) is 5. The topological polar surface area (TPSA) is 72.9 Å². The highest BCUT2D eigenvalue weighted by atomic mass is 16.5. The van der Waals surface area contributed by atoms with E-state index in [4.69, 9.17) is 9.47 Å². The second kappa shape index (κ2) is 7.68. The predicted molar refractivity (Wildman–Crippen MR) is 103 cm³/mol. The molecule has 4 rings (SSSR count). The second-order valence-corrected chi connectivity index (χ2v) is 6.69. The number of carbonyl (C=O) groups excluding carboxylic acids is 3. The van der Waals surface area contributed by atoms with Crippen LogP contribution in [0.2, 0.25) is 0 Å². The molecule has 0 atom stereocenters. The van der Waals surface area contributed by atoms with Crippen LogP contribution in [0.15, 0.2) is 54.1 Å². The first-order valence-electron chi connectivity index (χ1n) is 9.15. The Balaban J connectivity index is 1.36. The molecule has 1 amide bonds. The molecular weight excluding hydrogens is 358 g/mol. The number of Topliss-reactive ketones (excluding diaryl/α,β-unsaturated/α-hetero) is 1. The van der Waals surface area contributed by atoms with Gasteiger partial charge in [-0.1, -0.05) is 18.2 Å². The van der Waals surface area contributed by atoms with Gasteiger partial charge in [0.05, 0.1) is 5.57 Å². The number of hydrogen-bond donors (Lipinski definition) is 0. The van der Waals surface area contributed by atoms with Gasteiger partial charge in [0.25, 0.3) is 0 Å². The SMILES string of the molecule is O=C(OCC(=O)c1ccc(N2CCCC2=O)cc1)C1=Cc2ccccc2OC1. The Morgan fingerprint density at radius 3 is 2.61 bits per heavy atom. The van der Waals surface area contributed by atoms with Gasteiger partial charge >= 0.3 is 5.97 Å². The molecule has 0 aromatic heterocycles. The minimum absolute atomic E-state index is 0.0950. The molecule has 6 nitrogen and oxygen atoms in total. The lowest BCUT2D eigenvalue weighted by atomic mass is 10.1. The standard InChI is InChI=1S/C22H19NO5/c24-19(15-7-9-18(10-8-15)23-11-3-6-21(23)25)14-28-22(26)17-12-16-4-1-2-5-20(16)27-13-17/h1-2,4-5,7-10,12H,3,6,11,13-14H2. The number of amides is 1. The third-order valence-corrected chi connectivity index (χ3v) is 4.80. The molecule has 1 saturated heterocycles. The molecule has 0 N–H and O–H groups in total. The molecular formula is C22H19NO5. The lowest BCUT2D eigenvalue weighted by molar-refractivity contribution is -0.138. The summed E-state index contributed by atoms with van der Waals surface area (Å²) in [5.41, 5.74) is 2.38. The van der Waals surface area contributed by atoms with Crippen molar-refractivity contribution in [3.63, 3.8) is 0 Å². The molecule has 0 radical (unpaired) electrons. The van der Waals surface area contributed by atoms with Crippen LogP contribution in [0.25, 0.3) is 6.08 Å². The number of rotatable bonds is 5. The molecule has 1 fully saturated rings. The van der Waals surface area contributed by atoms with Gasteiger partial charge in [0.2, 0.25) is 5.91 Å². The summed E-state index contributed by atoms with van der Waals surface area (Å²) < 4.78 is 10.7. The van der Waals surface area contributed by atoms with E-state index in [-0.39, 0.29) is 24.9 Å². The fourth-order valence-corrected chi connectivity index (χ4v) is 3.29. The van der Waals surface area contributed by atoms with Crippen molar-refractivity contribution in [2.45, 2.75) is 12.8 Å². The molecule has 0 unspecified atom stereocenters. The maximum absolute atomic E-state index is 12.3. The first kappa shape index (κ1) is 18.0. The maximum Gasteiger partial charge on any atom is 0.337 e. The van der Waals surface area contributed by atoms with Crippen molar-refractivity contribution >= 4 is 29.4 Å². The second-order valence-electron chi connectivity index (χ2n) is 6.69. The van der Waals surface area contributed by atoms with E-state index in [9.17, 15) is 14.4 Å². The average molecular weight is 377 g/mol. The minimum atomic E-state index is -0.567. The van der Waals surface area contributed by atoms with Crippen LogP contribution in [0.3, 0.4) is 0 Å². The number of fused-ring (bicyclic) bond motifs is 1. The normalized spacial score (nSPS) is 15.5. The summed E-state index contributed by atoms with van der Waals surface area (Å²) in [6.07, 6.45) is 3.12. The van der Waals surface area contributed by atoms with E-state index in [0.717, 1.165) is 17.7 Å². The molecule has 2 aromatic carbocycles. The Kier molecular flexibility index (Phi) is 4.93. The van der Waals surface area contributed by atoms with Crippen molar-refractivity contribution in [3.05, 3.63) is 65.2 Å². The molecule has 2 aromatic rings. The molecule has 6 heteroatoms. The van der Waals surface area contributed by atoms with E-state index in [0.29, 0.717) is 29.9 Å². The third-order valence-electron chi connectivity index (χ3n) is 4.80. The van der Waals surface area contributed by atoms with Crippen LogP contribution >= 0.6 is 0 Å². The van der Waals surface area contributed by atoms with Crippen LogP contribution in [0.4, 0.5) is 5.69 Å². The van der Waals surface area contributed by atoms with Crippen LogP contribution in [0, 0.1) is 0 Å². The lowest BCUT2D eigenvalue weighted by Gasteiger charge is -2.17. The fraction of sp³-hybridized carbons (Fsp3) is 0.227. The number of ketones is 1. The summed E-state index contributed by atoms with van der Waals surface area (Å²) in [5.74, 6) is -0.0585. The van der Waals surface area contributed by atoms with Crippen LogP contribution in [-0.4, -0.2) is 37.4 Å². The summed E-state index contributed by atoms with van der Waals surface area (Å²) in [5, 5.41) is 0. The van der Waals surface area contributed by atoms with Gasteiger partial charge in [-0.2, -0.15) is 0 Å². The van der Waals surface area contributed by atoms with E-state index >= 15 is 0 Å². The molecule has 142 valence electrons. The first-order valence-corrected chi connectivity index (χ1v) is 9.15. The predicted octanol–water partition coefficient (Wildman–Crippen LogP) is 3.02. The van der Waals surface area contributed by atoms with E-state index in [2.05, 4.69) is 0 Å². The molecule has 0 saturated carbocycles. The summed E-state index contributed by atoms with van der Waals surface area (Å²) in [6, 6.07) is 14.2. The number of nitrogens with zero attached hydrogens (tertiary/aromatic N) is 1. The zero-order chi connectivity index (χ0) is 19.5. The molecule has 2 aliphatic heterocycles. The van der Waals surface area contributed by atoms with Gasteiger partial charge in [0.15, 0.2) is 12.4 Å². The molecule has 2 heterocycles. The molecule has 0 aliphatic carbocycles. The number of anilines is 1. The van der Waals surface area contributed by atoms with Crippen molar-refractivity contribution in [3.8, 4) is 5.75 Å². The maximum atomic E-state index is 12.3. The van der Waals surface area contributed by atoms with Gasteiger partial charge < -0.3 is 14.4 Å².